The van der Waals surface area contributed by atoms with Gasteiger partial charge in [0.1, 0.15) is 5.82 Å². The number of methoxy groups -OCH3 is 2. The molecule has 0 spiro atoms. The third-order valence-electron chi connectivity index (χ3n) is 2.80. The summed E-state index contributed by atoms with van der Waals surface area (Å²) in [5.74, 6) is 0.204. The number of carbonyl (C=O) groups excluding carboxylic acids is 1. The highest BCUT2D eigenvalue weighted by Crippen LogP contribution is 2.34. The van der Waals surface area contributed by atoms with E-state index in [9.17, 15) is 9.18 Å². The highest BCUT2D eigenvalue weighted by Gasteiger charge is 2.17. The fourth-order valence-corrected chi connectivity index (χ4v) is 2.32. The third kappa shape index (κ3) is 2.82. The van der Waals surface area contributed by atoms with Crippen molar-refractivity contribution in [2.45, 2.75) is 0 Å². The van der Waals surface area contributed by atoms with Crippen LogP contribution >= 0.6 is 15.9 Å². The molecule has 0 heterocycles. The second kappa shape index (κ2) is 6.05. The lowest BCUT2D eigenvalue weighted by Gasteiger charge is -2.11. The summed E-state index contributed by atoms with van der Waals surface area (Å²) in [4.78, 5) is 12.4. The molecule has 0 saturated heterocycles. The van der Waals surface area contributed by atoms with E-state index >= 15 is 0 Å². The van der Waals surface area contributed by atoms with Gasteiger partial charge in [0.25, 0.3) is 0 Å². The molecule has 0 amide bonds. The molecule has 0 aliphatic heterocycles. The summed E-state index contributed by atoms with van der Waals surface area (Å²) >= 11 is 3.32. The van der Waals surface area contributed by atoms with Crippen molar-refractivity contribution < 1.29 is 18.7 Å². The van der Waals surface area contributed by atoms with Crippen LogP contribution in [0.25, 0.3) is 0 Å². The first-order valence-corrected chi connectivity index (χ1v) is 6.58. The average Bonchev–Trinajstić information content (AvgIpc) is 2.46. The normalized spacial score (nSPS) is 10.2. The minimum atomic E-state index is -0.451. The summed E-state index contributed by atoms with van der Waals surface area (Å²) in [6.45, 7) is 0. The summed E-state index contributed by atoms with van der Waals surface area (Å²) in [5, 5.41) is 0. The van der Waals surface area contributed by atoms with E-state index in [0.29, 0.717) is 21.5 Å². The third-order valence-corrected chi connectivity index (χ3v) is 3.46. The summed E-state index contributed by atoms with van der Waals surface area (Å²) in [5.41, 5.74) is 0.658. The van der Waals surface area contributed by atoms with Crippen molar-refractivity contribution in [1.29, 1.82) is 0 Å². The van der Waals surface area contributed by atoms with Crippen LogP contribution in [-0.2, 0) is 0 Å². The van der Waals surface area contributed by atoms with Crippen molar-refractivity contribution in [3.05, 3.63) is 57.8 Å². The van der Waals surface area contributed by atoms with Gasteiger partial charge in [-0.15, -0.1) is 0 Å². The van der Waals surface area contributed by atoms with Gasteiger partial charge >= 0.3 is 0 Å². The minimum absolute atomic E-state index is 0.276. The molecule has 104 valence electrons. The van der Waals surface area contributed by atoms with Gasteiger partial charge in [-0.1, -0.05) is 12.1 Å². The molecule has 0 N–H and O–H groups in total. The molecule has 2 aromatic rings. The zero-order chi connectivity index (χ0) is 14.7. The Kier molecular flexibility index (Phi) is 4.39. The van der Waals surface area contributed by atoms with Crippen LogP contribution in [0.15, 0.2) is 40.9 Å². The topological polar surface area (TPSA) is 35.5 Å². The lowest BCUT2D eigenvalue weighted by molar-refractivity contribution is 0.103. The van der Waals surface area contributed by atoms with Gasteiger partial charge in [-0.2, -0.15) is 0 Å². The molecule has 0 bridgehead atoms. The Morgan fingerprint density at radius 1 is 1.10 bits per heavy atom. The Morgan fingerprint density at radius 2 is 1.75 bits per heavy atom. The molecule has 5 heteroatoms. The van der Waals surface area contributed by atoms with Crippen LogP contribution in [0.2, 0.25) is 0 Å². The van der Waals surface area contributed by atoms with Gasteiger partial charge in [0, 0.05) is 15.6 Å². The first-order valence-electron chi connectivity index (χ1n) is 5.78. The molecule has 0 atom stereocenters. The van der Waals surface area contributed by atoms with Gasteiger partial charge in [-0.25, -0.2) is 4.39 Å². The Morgan fingerprint density at radius 3 is 2.35 bits per heavy atom. The van der Waals surface area contributed by atoms with Crippen molar-refractivity contribution in [3.63, 3.8) is 0 Å². The second-order valence-electron chi connectivity index (χ2n) is 4.03. The van der Waals surface area contributed by atoms with Crippen LogP contribution in [0.3, 0.4) is 0 Å². The smallest absolute Gasteiger partial charge is 0.194 e. The predicted octanol–water partition coefficient (Wildman–Crippen LogP) is 3.84. The molecule has 20 heavy (non-hydrogen) atoms. The van der Waals surface area contributed by atoms with Gasteiger partial charge < -0.3 is 9.47 Å². The number of rotatable bonds is 4. The molecular weight excluding hydrogens is 327 g/mol. The number of benzene rings is 2. The van der Waals surface area contributed by atoms with Crippen molar-refractivity contribution in [3.8, 4) is 11.5 Å². The molecule has 3 nitrogen and oxygen atoms in total. The van der Waals surface area contributed by atoms with E-state index in [4.69, 9.17) is 9.47 Å². The molecular formula is C15H12BrFO3. The van der Waals surface area contributed by atoms with Gasteiger partial charge in [-0.05, 0) is 40.2 Å². The van der Waals surface area contributed by atoms with Crippen LogP contribution in [0.4, 0.5) is 4.39 Å². The van der Waals surface area contributed by atoms with Crippen LogP contribution < -0.4 is 9.47 Å². The molecule has 0 saturated carbocycles. The first kappa shape index (κ1) is 14.5. The van der Waals surface area contributed by atoms with Gasteiger partial charge in [0.15, 0.2) is 17.3 Å². The van der Waals surface area contributed by atoms with E-state index < -0.39 is 5.82 Å². The van der Waals surface area contributed by atoms with Crippen molar-refractivity contribution >= 4 is 21.7 Å². The maximum Gasteiger partial charge on any atom is 0.194 e. The molecule has 0 fully saturated rings. The van der Waals surface area contributed by atoms with E-state index in [1.165, 1.54) is 32.4 Å². The summed E-state index contributed by atoms with van der Waals surface area (Å²) in [7, 11) is 3.00. The maximum atomic E-state index is 13.2. The molecule has 0 aliphatic carbocycles. The van der Waals surface area contributed by atoms with E-state index in [2.05, 4.69) is 15.9 Å². The van der Waals surface area contributed by atoms with Crippen LogP contribution in [0, 0.1) is 5.82 Å². The van der Waals surface area contributed by atoms with Gasteiger partial charge in [0.2, 0.25) is 0 Å². The molecule has 2 rings (SSSR count). The van der Waals surface area contributed by atoms with Gasteiger partial charge in [0.05, 0.1) is 14.2 Å². The highest BCUT2D eigenvalue weighted by atomic mass is 79.9. The Bertz CT molecular complexity index is 656. The van der Waals surface area contributed by atoms with E-state index in [1.54, 1.807) is 18.2 Å². The second-order valence-corrected chi connectivity index (χ2v) is 4.88. The maximum absolute atomic E-state index is 13.2. The molecule has 0 aromatic heterocycles. The van der Waals surface area contributed by atoms with E-state index in [-0.39, 0.29) is 11.3 Å². The van der Waals surface area contributed by atoms with Crippen LogP contribution in [0.1, 0.15) is 15.9 Å². The summed E-state index contributed by atoms with van der Waals surface area (Å²) < 4.78 is 24.1. The Balaban J connectivity index is 2.49. The number of halogens is 2. The lowest BCUT2D eigenvalue weighted by Crippen LogP contribution is -2.04. The molecule has 0 unspecified atom stereocenters. The fourth-order valence-electron chi connectivity index (χ4n) is 1.81. The minimum Gasteiger partial charge on any atom is -0.493 e. The predicted molar refractivity (Wildman–Crippen MR) is 77.1 cm³/mol. The number of ketones is 1. The number of hydrogen-bond acceptors (Lipinski definition) is 3. The van der Waals surface area contributed by atoms with E-state index in [0.717, 1.165) is 0 Å². The summed E-state index contributed by atoms with van der Waals surface area (Å²) in [6, 6.07) is 8.76. The Labute approximate surface area is 124 Å². The van der Waals surface area contributed by atoms with Crippen LogP contribution in [-0.4, -0.2) is 20.0 Å². The fraction of sp³-hybridized carbons (Fsp3) is 0.133. The molecule has 0 radical (unpaired) electrons. The van der Waals surface area contributed by atoms with E-state index in [1.807, 2.05) is 0 Å². The SMILES string of the molecule is COc1cc(Br)c(C(=O)c2cccc(F)c2)cc1OC. The van der Waals surface area contributed by atoms with Crippen molar-refractivity contribution in [2.75, 3.05) is 14.2 Å². The standard InChI is InChI=1S/C15H12BrFO3/c1-19-13-7-11(12(16)8-14(13)20-2)15(18)9-4-3-5-10(17)6-9/h3-8H,1-2H3. The number of carbonyl (C=O) groups is 1. The quantitative estimate of drug-likeness (QED) is 0.794. The highest BCUT2D eigenvalue weighted by molar-refractivity contribution is 9.10. The average molecular weight is 339 g/mol. The first-order chi connectivity index (χ1) is 9.56. The zero-order valence-electron chi connectivity index (χ0n) is 10.9. The summed E-state index contributed by atoms with van der Waals surface area (Å²) in [6.07, 6.45) is 0. The lowest BCUT2D eigenvalue weighted by atomic mass is 10.0. The van der Waals surface area contributed by atoms with Crippen LogP contribution in [0.5, 0.6) is 11.5 Å². The Hall–Kier alpha value is -1.88. The molecule has 0 aliphatic rings. The number of hydrogen-bond donors (Lipinski definition) is 0. The zero-order valence-corrected chi connectivity index (χ0v) is 12.5. The van der Waals surface area contributed by atoms with Gasteiger partial charge in [-0.3, -0.25) is 4.79 Å². The number of ether oxygens (including phenoxy) is 2. The van der Waals surface area contributed by atoms with Crippen molar-refractivity contribution in [2.24, 2.45) is 0 Å². The van der Waals surface area contributed by atoms with Crippen molar-refractivity contribution in [1.82, 2.24) is 0 Å². The monoisotopic (exact) mass is 338 g/mol. The molecule has 2 aromatic carbocycles. The largest absolute Gasteiger partial charge is 0.493 e.